The molecule has 0 aliphatic rings. The lowest BCUT2D eigenvalue weighted by atomic mass is 9.80. The van der Waals surface area contributed by atoms with E-state index in [0.29, 0.717) is 25.3 Å². The van der Waals surface area contributed by atoms with Crippen molar-refractivity contribution < 1.29 is 19.5 Å². The van der Waals surface area contributed by atoms with Crippen molar-refractivity contribution in [1.82, 2.24) is 0 Å². The van der Waals surface area contributed by atoms with Crippen molar-refractivity contribution >= 4 is 12.6 Å². The summed E-state index contributed by atoms with van der Waals surface area (Å²) in [7, 11) is -1.41. The van der Waals surface area contributed by atoms with Gasteiger partial charge < -0.3 is 19.5 Å². The first-order chi connectivity index (χ1) is 8.13. The summed E-state index contributed by atoms with van der Waals surface area (Å²) in [4.78, 5) is 0. The molecule has 2 N–H and O–H groups in total. The number of hydrogen-bond donors (Lipinski definition) is 2. The molecule has 1 rings (SSSR count). The van der Waals surface area contributed by atoms with Gasteiger partial charge in [-0.25, -0.2) is 0 Å². The second-order valence-electron chi connectivity index (χ2n) is 3.90. The van der Waals surface area contributed by atoms with Crippen molar-refractivity contribution in [2.24, 2.45) is 0 Å². The van der Waals surface area contributed by atoms with Gasteiger partial charge in [-0.3, -0.25) is 0 Å². The molecule has 0 fully saturated rings. The van der Waals surface area contributed by atoms with Crippen LogP contribution in [0.1, 0.15) is 19.4 Å². The highest BCUT2D eigenvalue weighted by molar-refractivity contribution is 6.58. The molecule has 1 aromatic carbocycles. The lowest BCUT2D eigenvalue weighted by molar-refractivity contribution is -0.0116. The predicted molar refractivity (Wildman–Crippen MR) is 67.0 cm³/mol. The van der Waals surface area contributed by atoms with Crippen LogP contribution in [0.3, 0.4) is 0 Å². The van der Waals surface area contributed by atoms with Crippen molar-refractivity contribution in [1.29, 1.82) is 0 Å². The molecule has 0 heterocycles. The van der Waals surface area contributed by atoms with E-state index >= 15 is 0 Å². The highest BCUT2D eigenvalue weighted by Crippen LogP contribution is 2.03. The Bertz CT molecular complexity index is 313. The number of ether oxygens (including phenoxy) is 2. The molecule has 0 spiro atoms. The number of benzene rings is 1. The summed E-state index contributed by atoms with van der Waals surface area (Å²) in [6.45, 7) is 5.68. The van der Waals surface area contributed by atoms with Crippen LogP contribution in [-0.4, -0.2) is 36.5 Å². The van der Waals surface area contributed by atoms with Crippen molar-refractivity contribution in [3.8, 4) is 0 Å². The summed E-state index contributed by atoms with van der Waals surface area (Å²) < 4.78 is 10.8. The van der Waals surface area contributed by atoms with E-state index in [2.05, 4.69) is 0 Å². The van der Waals surface area contributed by atoms with Crippen LogP contribution in [0.15, 0.2) is 24.3 Å². The molecule has 1 atom stereocenters. The first kappa shape index (κ1) is 14.2. The van der Waals surface area contributed by atoms with E-state index in [4.69, 9.17) is 19.5 Å². The molecular weight excluding hydrogens is 219 g/mol. The maximum absolute atomic E-state index is 8.94. The van der Waals surface area contributed by atoms with Crippen LogP contribution in [0.2, 0.25) is 0 Å². The highest BCUT2D eigenvalue weighted by Gasteiger charge is 2.10. The summed E-state index contributed by atoms with van der Waals surface area (Å²) >= 11 is 0. The molecule has 94 valence electrons. The molecule has 0 bridgehead atoms. The van der Waals surface area contributed by atoms with Crippen LogP contribution in [-0.2, 0) is 16.1 Å². The predicted octanol–water partition coefficient (Wildman–Crippen LogP) is 0.308. The van der Waals surface area contributed by atoms with E-state index < -0.39 is 7.12 Å². The molecule has 1 aromatic rings. The molecule has 0 saturated heterocycles. The minimum atomic E-state index is -1.41. The van der Waals surface area contributed by atoms with Crippen LogP contribution >= 0.6 is 0 Å². The quantitative estimate of drug-likeness (QED) is 0.671. The third-order valence-corrected chi connectivity index (χ3v) is 2.37. The summed E-state index contributed by atoms with van der Waals surface area (Å²) in [5, 5.41) is 17.9. The molecular formula is C12H19BO4. The fourth-order valence-electron chi connectivity index (χ4n) is 1.36. The van der Waals surface area contributed by atoms with Crippen molar-refractivity contribution in [3.05, 3.63) is 29.8 Å². The first-order valence-corrected chi connectivity index (χ1v) is 5.77. The second kappa shape index (κ2) is 7.45. The minimum Gasteiger partial charge on any atom is -0.423 e. The van der Waals surface area contributed by atoms with E-state index in [0.717, 1.165) is 5.56 Å². The van der Waals surface area contributed by atoms with Crippen LogP contribution in [0, 0.1) is 0 Å². The monoisotopic (exact) mass is 238 g/mol. The topological polar surface area (TPSA) is 58.9 Å². The smallest absolute Gasteiger partial charge is 0.423 e. The lowest BCUT2D eigenvalue weighted by Gasteiger charge is -2.13. The molecule has 0 radical (unpaired) electrons. The molecule has 4 nitrogen and oxygen atoms in total. The van der Waals surface area contributed by atoms with Gasteiger partial charge in [-0.05, 0) is 24.9 Å². The molecule has 0 aromatic heterocycles. The van der Waals surface area contributed by atoms with Gasteiger partial charge >= 0.3 is 7.12 Å². The minimum absolute atomic E-state index is 0.0538. The van der Waals surface area contributed by atoms with Crippen molar-refractivity contribution in [2.45, 2.75) is 26.6 Å². The first-order valence-electron chi connectivity index (χ1n) is 5.77. The Hall–Kier alpha value is -0.875. The van der Waals surface area contributed by atoms with Gasteiger partial charge in [0.1, 0.15) is 0 Å². The summed E-state index contributed by atoms with van der Waals surface area (Å²) in [6.07, 6.45) is 0.0538. The third-order valence-electron chi connectivity index (χ3n) is 2.37. The van der Waals surface area contributed by atoms with E-state index in [9.17, 15) is 0 Å². The Morgan fingerprint density at radius 2 is 1.88 bits per heavy atom. The number of rotatable bonds is 7. The van der Waals surface area contributed by atoms with Crippen LogP contribution in [0.25, 0.3) is 0 Å². The summed E-state index contributed by atoms with van der Waals surface area (Å²) in [5.41, 5.74) is 1.48. The van der Waals surface area contributed by atoms with Gasteiger partial charge in [0.15, 0.2) is 0 Å². The largest absolute Gasteiger partial charge is 0.488 e. The molecule has 0 saturated carbocycles. The van der Waals surface area contributed by atoms with E-state index in [1.54, 1.807) is 12.1 Å². The zero-order valence-corrected chi connectivity index (χ0v) is 10.3. The lowest BCUT2D eigenvalue weighted by Crippen LogP contribution is -2.29. The van der Waals surface area contributed by atoms with Crippen LogP contribution < -0.4 is 5.46 Å². The zero-order chi connectivity index (χ0) is 12.7. The molecule has 17 heavy (non-hydrogen) atoms. The zero-order valence-electron chi connectivity index (χ0n) is 10.3. The van der Waals surface area contributed by atoms with Gasteiger partial charge in [0.2, 0.25) is 0 Å². The van der Waals surface area contributed by atoms with Gasteiger partial charge in [-0.1, -0.05) is 24.3 Å². The molecule has 0 aliphatic heterocycles. The van der Waals surface area contributed by atoms with Gasteiger partial charge in [0.05, 0.1) is 19.3 Å². The highest BCUT2D eigenvalue weighted by atomic mass is 16.5. The average Bonchev–Trinajstić information content (AvgIpc) is 2.34. The Balaban J connectivity index is 2.36. The summed E-state index contributed by atoms with van der Waals surface area (Å²) in [6, 6.07) is 7.00. The second-order valence-corrected chi connectivity index (χ2v) is 3.90. The van der Waals surface area contributed by atoms with Gasteiger partial charge in [-0.15, -0.1) is 0 Å². The normalized spacial score (nSPS) is 12.5. The Kier molecular flexibility index (Phi) is 6.22. The van der Waals surface area contributed by atoms with Crippen molar-refractivity contribution in [3.63, 3.8) is 0 Å². The molecule has 1 unspecified atom stereocenters. The average molecular weight is 238 g/mol. The van der Waals surface area contributed by atoms with Crippen LogP contribution in [0.4, 0.5) is 0 Å². The van der Waals surface area contributed by atoms with Crippen LogP contribution in [0.5, 0.6) is 0 Å². The molecule has 0 amide bonds. The maximum atomic E-state index is 8.94. The maximum Gasteiger partial charge on any atom is 0.488 e. The number of hydrogen-bond acceptors (Lipinski definition) is 4. The fraction of sp³-hybridized carbons (Fsp3) is 0.500. The molecule has 0 aliphatic carbocycles. The summed E-state index contributed by atoms with van der Waals surface area (Å²) in [5.74, 6) is 0. The van der Waals surface area contributed by atoms with Crippen molar-refractivity contribution in [2.75, 3.05) is 13.2 Å². The Morgan fingerprint density at radius 1 is 1.24 bits per heavy atom. The molecule has 5 heteroatoms. The van der Waals surface area contributed by atoms with E-state index in [1.165, 1.54) is 0 Å². The van der Waals surface area contributed by atoms with Gasteiger partial charge in [0, 0.05) is 6.61 Å². The SMILES string of the molecule is CCOCC(C)OCc1ccc(B(O)O)cc1. The van der Waals surface area contributed by atoms with E-state index in [1.807, 2.05) is 26.0 Å². The Labute approximate surface area is 102 Å². The Morgan fingerprint density at radius 3 is 2.41 bits per heavy atom. The van der Waals surface area contributed by atoms with E-state index in [-0.39, 0.29) is 6.10 Å². The standard InChI is InChI=1S/C12H19BO4/c1-3-16-8-10(2)17-9-11-4-6-12(7-5-11)13(14)15/h4-7,10,14-15H,3,8-9H2,1-2H3. The third kappa shape index (κ3) is 5.32. The van der Waals surface area contributed by atoms with Gasteiger partial charge in [0.25, 0.3) is 0 Å². The van der Waals surface area contributed by atoms with Gasteiger partial charge in [-0.2, -0.15) is 0 Å². The fourth-order valence-corrected chi connectivity index (χ4v) is 1.36.